The van der Waals surface area contributed by atoms with Gasteiger partial charge >= 0.3 is 41.8 Å². The van der Waals surface area contributed by atoms with Gasteiger partial charge in [0.2, 0.25) is 0 Å². The fraction of sp³-hybridized carbons (Fsp3) is 0.222. The van der Waals surface area contributed by atoms with Crippen molar-refractivity contribution in [2.75, 3.05) is 92.3 Å². The number of carbonyl (C=O) groups is 7. The van der Waals surface area contributed by atoms with Gasteiger partial charge in [-0.05, 0) is 312 Å². The number of aromatic hydroxyl groups is 1. The summed E-state index contributed by atoms with van der Waals surface area (Å²) in [6, 6.07) is 29.8. The molecule has 57 heteroatoms. The van der Waals surface area contributed by atoms with Gasteiger partial charge in [0.15, 0.2) is 0 Å². The third-order valence-electron chi connectivity index (χ3n) is 12.2. The van der Waals surface area contributed by atoms with Crippen molar-refractivity contribution in [2.24, 2.45) is 0 Å². The first-order valence-corrected chi connectivity index (χ1v) is 51.9. The standard InChI is InChI=1S/C9H8BrIO5S.2C9H8ClIO5S.2C9H8FIO5S.C9H9I2NO5S.C9H9IO6S/c2*10-8-2-1-6(11)5-7(8)9(12)16-3-4-17(13,14)15;10-8-5-6(11)1-2-7(8)9(12)16-3-4-17(13,14)15;10-8-2-1-6(11)5-7(8)9(12)16-3-4-17(13,14)15;10-6-2-1-3-7(11)8(6)9(12)16-4-5-17(13,14)15;10-5-3-6(8(12)7(11)4-5)9(13)17-1-2-18(14,15)16;10-7-2-1-6(5-8(7)11)9(12)16-3-4-17(13,14)15/h4*1-2,5H,3-4H2,(H,13,14,15);1-3H,4-5H2,(H,13,14,15);3-4H,1-2,12H2,(H,14,15,16);1-2,5,11H,3-4H2,(H,13,14,15)/p-7. The Morgan fingerprint density at radius 3 is 1.08 bits per heavy atom. The summed E-state index contributed by atoms with van der Waals surface area (Å²) >= 11 is 30.3. The number of halogens is 13. The van der Waals surface area contributed by atoms with Gasteiger partial charge in [0.25, 0.3) is 0 Å². The molecule has 7 aromatic carbocycles. The van der Waals surface area contributed by atoms with Crippen molar-refractivity contribution < 1.29 is 171 Å². The smallest absolute Gasteiger partial charge is 0.342 e. The number of anilines is 1. The molecule has 0 aliphatic heterocycles. The minimum absolute atomic E-state index is 0.0727. The predicted octanol–water partition coefficient (Wildman–Crippen LogP) is 9.19. The van der Waals surface area contributed by atoms with Crippen LogP contribution in [-0.4, -0.2) is 224 Å². The lowest BCUT2D eigenvalue weighted by atomic mass is 10.2. The molecule has 0 aliphatic carbocycles. The molecular formula is C63H51BrCl2F2I8NO36S7-7. The van der Waals surface area contributed by atoms with Crippen LogP contribution in [0.25, 0.3) is 0 Å². The number of carbonyl (C=O) groups excluding carboxylic acids is 7. The third kappa shape index (κ3) is 52.0. The van der Waals surface area contributed by atoms with Crippen LogP contribution < -0.4 is 5.73 Å². The van der Waals surface area contributed by atoms with Crippen LogP contribution in [0, 0.1) is 40.2 Å². The van der Waals surface area contributed by atoms with E-state index in [2.05, 4.69) is 44.4 Å². The van der Waals surface area contributed by atoms with E-state index in [9.17, 15) is 138 Å². The van der Waals surface area contributed by atoms with E-state index in [0.717, 1.165) is 26.4 Å². The summed E-state index contributed by atoms with van der Waals surface area (Å²) in [7, 11) is -30.8. The first-order valence-electron chi connectivity index (χ1n) is 30.7. The Balaban J connectivity index is 0.000000700. The van der Waals surface area contributed by atoms with E-state index in [0.29, 0.717) is 24.3 Å². The summed E-state index contributed by atoms with van der Waals surface area (Å²) in [6.07, 6.45) is 0. The normalized spacial score (nSPS) is 11.2. The minimum Gasteiger partial charge on any atom is -0.748 e. The summed E-state index contributed by atoms with van der Waals surface area (Å²) in [4.78, 5) is 80.3. The summed E-state index contributed by atoms with van der Waals surface area (Å²) in [6.45, 7) is -3.56. The number of benzene rings is 7. The molecule has 7 rings (SSSR count). The number of ether oxygens (including phenoxy) is 7. The van der Waals surface area contributed by atoms with Crippen LogP contribution in [0.15, 0.2) is 126 Å². The highest BCUT2D eigenvalue weighted by Gasteiger charge is 2.21. The number of rotatable bonds is 28. The first kappa shape index (κ1) is 115. The van der Waals surface area contributed by atoms with Crippen LogP contribution in [0.3, 0.4) is 0 Å². The van der Waals surface area contributed by atoms with E-state index in [1.165, 1.54) is 66.7 Å². The zero-order chi connectivity index (χ0) is 92.2. The molecule has 0 bridgehead atoms. The van der Waals surface area contributed by atoms with Gasteiger partial charge in [-0.25, -0.2) is 101 Å². The Labute approximate surface area is 811 Å². The fourth-order valence-electron chi connectivity index (χ4n) is 6.90. The number of hydrogen-bond acceptors (Lipinski definition) is 37. The average Bonchev–Trinajstić information content (AvgIpc) is 0.842. The second-order valence-electron chi connectivity index (χ2n) is 21.4. The van der Waals surface area contributed by atoms with Crippen molar-refractivity contribution in [3.05, 3.63) is 215 Å². The molecule has 0 fully saturated rings. The highest BCUT2D eigenvalue weighted by Crippen LogP contribution is 2.27. The molecule has 120 heavy (non-hydrogen) atoms. The summed E-state index contributed by atoms with van der Waals surface area (Å²) in [5.41, 5.74) is 6.25. The van der Waals surface area contributed by atoms with Crippen molar-refractivity contribution in [1.29, 1.82) is 0 Å². The third-order valence-corrected chi connectivity index (χ3v) is 24.2. The topological polar surface area (TPSA) is 631 Å². The van der Waals surface area contributed by atoms with Crippen LogP contribution >= 0.6 is 220 Å². The predicted molar refractivity (Wildman–Crippen MR) is 484 cm³/mol. The molecule has 0 aliphatic rings. The molecule has 0 unspecified atom stereocenters. The highest BCUT2D eigenvalue weighted by molar-refractivity contribution is 14.1. The van der Waals surface area contributed by atoms with Gasteiger partial charge in [-0.2, -0.15) is 0 Å². The molecule has 37 nitrogen and oxygen atoms in total. The molecule has 0 atom stereocenters. The second kappa shape index (κ2) is 54.7. The fourth-order valence-corrected chi connectivity index (χ4v) is 14.8. The molecule has 0 spiro atoms. The summed E-state index contributed by atoms with van der Waals surface area (Å²) in [5.74, 6) is -12.7. The Morgan fingerprint density at radius 1 is 0.342 bits per heavy atom. The number of esters is 7. The SMILES string of the molecule is Nc1c(I)cc(I)cc1C(=O)OCCS(=O)(=O)[O-].O=C(OCCS(=O)(=O)[O-])c1c(F)cccc1I.O=C(OCCS(=O)(=O)[O-])c1cc(I)ccc1Br.O=C(OCCS(=O)(=O)[O-])c1cc(I)ccc1Cl.O=C(OCCS(=O)(=O)[O-])c1cc(I)ccc1F.O=C(OCCS(=O)(=O)[O-])c1ccc(I)c(O)c1.O=C(OCCS(=O)(=O)[O-])c1ccc(I)cc1Cl. The molecule has 0 saturated carbocycles. The molecule has 0 aromatic heterocycles. The molecular weight excluding hydrogens is 2780 g/mol. The van der Waals surface area contributed by atoms with Crippen molar-refractivity contribution in [3.8, 4) is 5.75 Å². The molecule has 0 heterocycles. The van der Waals surface area contributed by atoms with E-state index in [1.807, 2.05) is 158 Å². The molecule has 7 aromatic rings. The van der Waals surface area contributed by atoms with Gasteiger partial charge in [0.05, 0.1) is 164 Å². The van der Waals surface area contributed by atoms with Gasteiger partial charge in [-0.1, -0.05) is 29.3 Å². The van der Waals surface area contributed by atoms with E-state index in [1.54, 1.807) is 65.1 Å². The van der Waals surface area contributed by atoms with Crippen LogP contribution in [0.1, 0.15) is 72.5 Å². The zero-order valence-electron chi connectivity index (χ0n) is 59.0. The number of nitrogens with two attached hydrogens (primary N) is 1. The number of hydrogen-bond donors (Lipinski definition) is 2. The molecule has 0 radical (unpaired) electrons. The van der Waals surface area contributed by atoms with Gasteiger partial charge in [0, 0.05) is 29.5 Å². The minimum atomic E-state index is -4.45. The lowest BCUT2D eigenvalue weighted by Gasteiger charge is -2.10. The highest BCUT2D eigenvalue weighted by atomic mass is 127. The van der Waals surface area contributed by atoms with Gasteiger partial charge in [0.1, 0.15) is 69.2 Å². The van der Waals surface area contributed by atoms with Crippen molar-refractivity contribution >= 4 is 338 Å². The van der Waals surface area contributed by atoms with Gasteiger partial charge in [-0.15, -0.1) is 0 Å². The maximum atomic E-state index is 13.3. The van der Waals surface area contributed by atoms with Gasteiger partial charge < -0.3 is 75.9 Å². The lowest BCUT2D eigenvalue weighted by Crippen LogP contribution is -2.16. The Kier molecular flexibility index (Phi) is 52.2. The zero-order valence-corrected chi connectivity index (χ0v) is 85.1. The average molecular weight is 2830 g/mol. The monoisotopic (exact) mass is 2820 g/mol. The number of phenols is 1. The molecule has 3 N–H and O–H groups in total. The Bertz CT molecular complexity index is 5430. The van der Waals surface area contributed by atoms with E-state index in [4.69, 9.17) is 33.7 Å². The molecule has 0 amide bonds. The van der Waals surface area contributed by atoms with Crippen molar-refractivity contribution in [2.45, 2.75) is 0 Å². The second-order valence-corrected chi connectivity index (χ2v) is 43.4. The largest absolute Gasteiger partial charge is 0.748 e. The van der Waals surface area contributed by atoms with Crippen molar-refractivity contribution in [3.63, 3.8) is 0 Å². The lowest BCUT2D eigenvalue weighted by molar-refractivity contribution is 0.0511. The quantitative estimate of drug-likeness (QED) is 0.0152. The summed E-state index contributed by atoms with van der Waals surface area (Å²) in [5, 5.41) is 9.77. The van der Waals surface area contributed by atoms with Crippen LogP contribution in [0.4, 0.5) is 14.5 Å². The first-order chi connectivity index (χ1) is 55.0. The maximum Gasteiger partial charge on any atom is 0.342 e. The van der Waals surface area contributed by atoms with Gasteiger partial charge in [-0.3, -0.25) is 0 Å². The number of phenolic OH excluding ortho intramolecular Hbond substituents is 1. The maximum absolute atomic E-state index is 13.3. The summed E-state index contributed by atoms with van der Waals surface area (Å²) < 4.78 is 281. The molecule has 0 saturated heterocycles. The van der Waals surface area contributed by atoms with Crippen LogP contribution in [0.2, 0.25) is 10.0 Å². The van der Waals surface area contributed by atoms with E-state index >= 15 is 0 Å². The number of nitrogen functional groups attached to an aromatic ring is 1. The Hall–Kier alpha value is -3.44. The Morgan fingerprint density at radius 2 is 0.675 bits per heavy atom. The van der Waals surface area contributed by atoms with Crippen molar-refractivity contribution in [1.82, 2.24) is 0 Å². The van der Waals surface area contributed by atoms with E-state index in [-0.39, 0.29) is 54.9 Å². The van der Waals surface area contributed by atoms with Crippen LogP contribution in [-0.2, 0) is 104 Å². The van der Waals surface area contributed by atoms with Crippen LogP contribution in [0.5, 0.6) is 5.75 Å². The van der Waals surface area contributed by atoms with E-state index < -0.39 is 211 Å². The molecule has 664 valence electrons.